The molecule has 1 N–H and O–H groups in total. The lowest BCUT2D eigenvalue weighted by Crippen LogP contribution is -2.09. The lowest BCUT2D eigenvalue weighted by molar-refractivity contribution is 0.415. The molecule has 29 heavy (non-hydrogen) atoms. The molecule has 0 aliphatic rings. The van der Waals surface area contributed by atoms with Crippen LogP contribution >= 0.6 is 0 Å². The number of rotatable bonds is 4. The van der Waals surface area contributed by atoms with Gasteiger partial charge in [-0.15, -0.1) is 0 Å². The highest BCUT2D eigenvalue weighted by atomic mass is 16.5. The molecule has 0 radical (unpaired) electrons. The standard InChI is InChI=1S/C23H22N4O2/c1-14-5-10-21-19(11-14)20(26-27-23-24-15(2)12-16(3)25-23)13-22(29-21)17-6-8-18(28-4)9-7-17/h5-13H,1-4H3,(H,24,25,27)/b26-20-. The van der Waals surface area contributed by atoms with Crippen molar-refractivity contribution in [2.75, 3.05) is 12.5 Å². The van der Waals surface area contributed by atoms with E-state index in [9.17, 15) is 0 Å². The quantitative estimate of drug-likeness (QED) is 0.512. The van der Waals surface area contributed by atoms with Gasteiger partial charge in [0.2, 0.25) is 5.95 Å². The zero-order chi connectivity index (χ0) is 20.4. The van der Waals surface area contributed by atoms with Crippen molar-refractivity contribution >= 4 is 16.9 Å². The SMILES string of the molecule is COc1ccc(-c2c/c(=N/Nc3nc(C)cc(C)n3)c3cc(C)ccc3o2)cc1. The van der Waals surface area contributed by atoms with Crippen LogP contribution in [0.2, 0.25) is 0 Å². The van der Waals surface area contributed by atoms with Gasteiger partial charge in [-0.25, -0.2) is 15.4 Å². The summed E-state index contributed by atoms with van der Waals surface area (Å²) in [6, 6.07) is 17.6. The molecule has 0 fully saturated rings. The number of nitrogens with one attached hydrogen (secondary N) is 1. The first-order chi connectivity index (χ1) is 14.0. The maximum Gasteiger partial charge on any atom is 0.243 e. The Bertz CT molecular complexity index is 1220. The number of fused-ring (bicyclic) bond motifs is 1. The van der Waals surface area contributed by atoms with E-state index in [1.165, 1.54) is 0 Å². The van der Waals surface area contributed by atoms with Crippen LogP contribution in [0.1, 0.15) is 17.0 Å². The van der Waals surface area contributed by atoms with Crippen molar-refractivity contribution in [2.45, 2.75) is 20.8 Å². The average molecular weight is 386 g/mol. The third-order valence-corrected chi connectivity index (χ3v) is 4.53. The topological polar surface area (TPSA) is 72.5 Å². The highest BCUT2D eigenvalue weighted by Gasteiger charge is 2.07. The molecule has 0 unspecified atom stereocenters. The first kappa shape index (κ1) is 18.7. The summed E-state index contributed by atoms with van der Waals surface area (Å²) in [6.45, 7) is 5.91. The molecule has 146 valence electrons. The number of aromatic nitrogens is 2. The Balaban J connectivity index is 1.84. The normalized spacial score (nSPS) is 11.7. The first-order valence-electron chi connectivity index (χ1n) is 9.33. The van der Waals surface area contributed by atoms with Gasteiger partial charge in [0.25, 0.3) is 0 Å². The number of benzene rings is 2. The Morgan fingerprint density at radius 1 is 0.897 bits per heavy atom. The van der Waals surface area contributed by atoms with E-state index in [2.05, 4.69) is 26.6 Å². The summed E-state index contributed by atoms with van der Waals surface area (Å²) in [4.78, 5) is 8.79. The van der Waals surface area contributed by atoms with Gasteiger partial charge >= 0.3 is 0 Å². The molecule has 0 aliphatic heterocycles. The van der Waals surface area contributed by atoms with Crippen molar-refractivity contribution in [2.24, 2.45) is 5.10 Å². The average Bonchev–Trinajstić information content (AvgIpc) is 2.71. The number of methoxy groups -OCH3 is 1. The summed E-state index contributed by atoms with van der Waals surface area (Å²) < 4.78 is 11.4. The van der Waals surface area contributed by atoms with Gasteiger partial charge in [0.15, 0.2) is 0 Å². The predicted octanol–water partition coefficient (Wildman–Crippen LogP) is 4.75. The van der Waals surface area contributed by atoms with Crippen molar-refractivity contribution < 1.29 is 9.15 Å². The predicted molar refractivity (Wildman–Crippen MR) is 114 cm³/mol. The Hall–Kier alpha value is -3.67. The fourth-order valence-electron chi connectivity index (χ4n) is 3.16. The molecule has 0 amide bonds. The summed E-state index contributed by atoms with van der Waals surface area (Å²) >= 11 is 0. The molecule has 4 aromatic rings. The number of nitrogens with zero attached hydrogens (tertiary/aromatic N) is 3. The molecule has 0 atom stereocenters. The maximum atomic E-state index is 6.15. The maximum absolute atomic E-state index is 6.15. The second kappa shape index (κ2) is 7.75. The lowest BCUT2D eigenvalue weighted by Gasteiger charge is -2.07. The summed E-state index contributed by atoms with van der Waals surface area (Å²) in [5.41, 5.74) is 7.59. The fourth-order valence-corrected chi connectivity index (χ4v) is 3.16. The van der Waals surface area contributed by atoms with E-state index < -0.39 is 0 Å². The van der Waals surface area contributed by atoms with Gasteiger partial charge in [-0.05, 0) is 63.2 Å². The van der Waals surface area contributed by atoms with Gasteiger partial charge < -0.3 is 9.15 Å². The van der Waals surface area contributed by atoms with E-state index >= 15 is 0 Å². The summed E-state index contributed by atoms with van der Waals surface area (Å²) in [7, 11) is 1.65. The molecule has 0 spiro atoms. The highest BCUT2D eigenvalue weighted by molar-refractivity contribution is 5.79. The van der Waals surface area contributed by atoms with E-state index in [0.717, 1.165) is 44.6 Å². The monoisotopic (exact) mass is 386 g/mol. The number of anilines is 1. The third-order valence-electron chi connectivity index (χ3n) is 4.53. The molecule has 0 aliphatic carbocycles. The van der Waals surface area contributed by atoms with Crippen LogP contribution in [0.5, 0.6) is 5.75 Å². The zero-order valence-electron chi connectivity index (χ0n) is 16.9. The first-order valence-corrected chi connectivity index (χ1v) is 9.33. The molecular weight excluding hydrogens is 364 g/mol. The molecule has 4 rings (SSSR count). The molecule has 6 heteroatoms. The van der Waals surface area contributed by atoms with E-state index in [-0.39, 0.29) is 0 Å². The molecule has 2 aromatic heterocycles. The van der Waals surface area contributed by atoms with Crippen LogP contribution < -0.4 is 15.5 Å². The van der Waals surface area contributed by atoms with Crippen molar-refractivity contribution in [1.82, 2.24) is 9.97 Å². The highest BCUT2D eigenvalue weighted by Crippen LogP contribution is 2.24. The lowest BCUT2D eigenvalue weighted by atomic mass is 10.1. The van der Waals surface area contributed by atoms with Gasteiger partial charge in [0.05, 0.1) is 12.5 Å². The third kappa shape index (κ3) is 4.11. The Morgan fingerprint density at radius 2 is 1.62 bits per heavy atom. The van der Waals surface area contributed by atoms with E-state index in [1.54, 1.807) is 7.11 Å². The van der Waals surface area contributed by atoms with Crippen LogP contribution in [0.4, 0.5) is 5.95 Å². The molecule has 2 aromatic carbocycles. The van der Waals surface area contributed by atoms with Crippen molar-refractivity contribution in [3.05, 3.63) is 76.9 Å². The molecule has 0 bridgehead atoms. The van der Waals surface area contributed by atoms with Crippen molar-refractivity contribution in [3.63, 3.8) is 0 Å². The molecule has 0 saturated carbocycles. The van der Waals surface area contributed by atoms with E-state index in [0.29, 0.717) is 11.7 Å². The van der Waals surface area contributed by atoms with Gasteiger partial charge in [0, 0.05) is 28.4 Å². The summed E-state index contributed by atoms with van der Waals surface area (Å²) in [5.74, 6) is 1.98. The van der Waals surface area contributed by atoms with Crippen LogP contribution in [-0.4, -0.2) is 17.1 Å². The number of aryl methyl sites for hydroxylation is 3. The Kier molecular flexibility index (Phi) is 4.99. The van der Waals surface area contributed by atoms with Gasteiger partial charge in [0.1, 0.15) is 17.1 Å². The summed E-state index contributed by atoms with van der Waals surface area (Å²) in [6.07, 6.45) is 0. The van der Waals surface area contributed by atoms with Gasteiger partial charge in [-0.1, -0.05) is 11.6 Å². The van der Waals surface area contributed by atoms with Gasteiger partial charge in [-0.3, -0.25) is 0 Å². The number of hydrogen-bond donors (Lipinski definition) is 1. The second-order valence-corrected chi connectivity index (χ2v) is 6.92. The molecule has 6 nitrogen and oxygen atoms in total. The molecular formula is C23H22N4O2. The molecule has 0 saturated heterocycles. The zero-order valence-corrected chi connectivity index (χ0v) is 16.9. The van der Waals surface area contributed by atoms with E-state index in [4.69, 9.17) is 9.15 Å². The number of ether oxygens (including phenoxy) is 1. The smallest absolute Gasteiger partial charge is 0.243 e. The van der Waals surface area contributed by atoms with Crippen LogP contribution in [0, 0.1) is 20.8 Å². The minimum Gasteiger partial charge on any atom is -0.497 e. The van der Waals surface area contributed by atoms with Crippen LogP contribution in [-0.2, 0) is 0 Å². The largest absolute Gasteiger partial charge is 0.497 e. The van der Waals surface area contributed by atoms with Crippen molar-refractivity contribution in [3.8, 4) is 17.1 Å². The fraction of sp³-hybridized carbons (Fsp3) is 0.174. The van der Waals surface area contributed by atoms with Crippen LogP contribution in [0.25, 0.3) is 22.3 Å². The molecule has 2 heterocycles. The minimum atomic E-state index is 0.468. The Morgan fingerprint density at radius 3 is 2.31 bits per heavy atom. The summed E-state index contributed by atoms with van der Waals surface area (Å²) in [5, 5.41) is 6.26. The number of hydrogen-bond acceptors (Lipinski definition) is 6. The Labute approximate surface area is 168 Å². The van der Waals surface area contributed by atoms with Crippen LogP contribution in [0.15, 0.2) is 64.1 Å². The second-order valence-electron chi connectivity index (χ2n) is 6.92. The van der Waals surface area contributed by atoms with Gasteiger partial charge in [-0.2, -0.15) is 5.10 Å². The van der Waals surface area contributed by atoms with Crippen molar-refractivity contribution in [1.29, 1.82) is 0 Å². The minimum absolute atomic E-state index is 0.468. The van der Waals surface area contributed by atoms with E-state index in [1.807, 2.05) is 69.3 Å². The van der Waals surface area contributed by atoms with Crippen LogP contribution in [0.3, 0.4) is 0 Å².